The van der Waals surface area contributed by atoms with E-state index in [2.05, 4.69) is 50.4 Å². The molecule has 0 aromatic heterocycles. The predicted molar refractivity (Wildman–Crippen MR) is 119 cm³/mol. The number of likely N-dealkylation sites (tertiary alicyclic amines) is 1. The second-order valence-electron chi connectivity index (χ2n) is 8.42. The molecule has 1 amide bonds. The quantitative estimate of drug-likeness (QED) is 0.624. The number of nitrogens with zero attached hydrogens (tertiary/aromatic N) is 1. The lowest BCUT2D eigenvalue weighted by Gasteiger charge is -2.46. The molecule has 164 valence electrons. The fourth-order valence-corrected chi connectivity index (χ4v) is 4.90. The predicted octanol–water partition coefficient (Wildman–Crippen LogP) is 2.23. The number of hydrogen-bond donors (Lipinski definition) is 1. The maximum atomic E-state index is 13.5. The molecule has 1 heterocycles. The summed E-state index contributed by atoms with van der Waals surface area (Å²) in [5.74, 6) is 1.03. The van der Waals surface area contributed by atoms with Gasteiger partial charge in [-0.1, -0.05) is 37.3 Å². The van der Waals surface area contributed by atoms with Crippen molar-refractivity contribution < 1.29 is 31.0 Å². The zero-order chi connectivity index (χ0) is 20.9. The summed E-state index contributed by atoms with van der Waals surface area (Å²) in [6, 6.07) is 14.4. The first-order chi connectivity index (χ1) is 14.0. The molecule has 5 heteroatoms. The van der Waals surface area contributed by atoms with Crippen LogP contribution in [0.3, 0.4) is 0 Å². The minimum Gasteiger partial charge on any atom is -1.00 e. The number of carbonyl (C=O) groups excluding carboxylic acids is 1. The van der Waals surface area contributed by atoms with Gasteiger partial charge < -0.3 is 31.5 Å². The lowest BCUT2D eigenvalue weighted by atomic mass is 9.98. The molecule has 0 bridgehead atoms. The van der Waals surface area contributed by atoms with E-state index in [0.29, 0.717) is 0 Å². The average molecular weight is 475 g/mol. The van der Waals surface area contributed by atoms with Crippen molar-refractivity contribution in [2.45, 2.75) is 59.0 Å². The molecule has 1 aliphatic heterocycles. The van der Waals surface area contributed by atoms with Gasteiger partial charge in [0.25, 0.3) is 5.91 Å². The number of carbonyl (C=O) groups is 1. The number of ether oxygens (including phenoxy) is 1. The first-order valence-corrected chi connectivity index (χ1v) is 10.8. The van der Waals surface area contributed by atoms with Crippen molar-refractivity contribution in [1.82, 2.24) is 0 Å². The van der Waals surface area contributed by atoms with Crippen LogP contribution in [0, 0.1) is 13.8 Å². The van der Waals surface area contributed by atoms with E-state index in [-0.39, 0.29) is 28.9 Å². The summed E-state index contributed by atoms with van der Waals surface area (Å²) in [7, 11) is 1.71. The molecule has 0 spiro atoms. The highest BCUT2D eigenvalue weighted by Crippen LogP contribution is 2.30. The fourth-order valence-electron chi connectivity index (χ4n) is 4.90. The van der Waals surface area contributed by atoms with E-state index in [1.807, 2.05) is 18.2 Å². The van der Waals surface area contributed by atoms with E-state index in [1.54, 1.807) is 7.11 Å². The number of anilines is 1. The molecule has 1 atom stereocenters. The molecular weight excluding hydrogens is 440 g/mol. The van der Waals surface area contributed by atoms with E-state index >= 15 is 0 Å². The van der Waals surface area contributed by atoms with Gasteiger partial charge in [0.1, 0.15) is 12.3 Å². The van der Waals surface area contributed by atoms with Gasteiger partial charge in [-0.2, -0.15) is 0 Å². The fraction of sp³-hybridized carbons (Fsp3) is 0.480. The van der Waals surface area contributed by atoms with Crippen LogP contribution in [-0.2, 0) is 11.3 Å². The number of benzene rings is 2. The third-order valence-electron chi connectivity index (χ3n) is 6.42. The number of piperidine rings is 1. The van der Waals surface area contributed by atoms with E-state index in [1.165, 1.54) is 24.8 Å². The molecule has 1 saturated heterocycles. The summed E-state index contributed by atoms with van der Waals surface area (Å²) < 4.78 is 6.26. The van der Waals surface area contributed by atoms with Gasteiger partial charge in [0.15, 0.2) is 6.04 Å². The molecule has 30 heavy (non-hydrogen) atoms. The third kappa shape index (κ3) is 5.44. The van der Waals surface area contributed by atoms with Crippen molar-refractivity contribution in [1.29, 1.82) is 0 Å². The monoisotopic (exact) mass is 474 g/mol. The van der Waals surface area contributed by atoms with Crippen LogP contribution in [0.4, 0.5) is 5.69 Å². The Labute approximate surface area is 192 Å². The lowest BCUT2D eigenvalue weighted by molar-refractivity contribution is -0.959. The normalized spacial score (nSPS) is 16.3. The Morgan fingerprint density at radius 2 is 1.70 bits per heavy atom. The van der Waals surface area contributed by atoms with E-state index in [0.717, 1.165) is 53.1 Å². The molecule has 2 aromatic rings. The minimum atomic E-state index is -0.0551. The molecule has 1 N–H and O–H groups in total. The Hall–Kier alpha value is -1.85. The molecular formula is C25H35BrN2O2. The van der Waals surface area contributed by atoms with Crippen molar-refractivity contribution in [3.8, 4) is 5.75 Å². The van der Waals surface area contributed by atoms with E-state index in [4.69, 9.17) is 4.74 Å². The summed E-state index contributed by atoms with van der Waals surface area (Å²) in [6.07, 6.45) is 4.45. The Bertz CT molecular complexity index is 827. The Morgan fingerprint density at radius 1 is 1.07 bits per heavy atom. The van der Waals surface area contributed by atoms with Crippen LogP contribution in [0.2, 0.25) is 0 Å². The minimum absolute atomic E-state index is 0. The summed E-state index contributed by atoms with van der Waals surface area (Å²) in [6.45, 7) is 9.24. The first kappa shape index (κ1) is 24.4. The number of para-hydroxylation sites is 1. The SMILES string of the molecule is CCC(C(=O)Nc1c(C)cccc1C)[N+]1(Cc2cccc(OC)c2)CCCCC1.[Br-]. The van der Waals surface area contributed by atoms with Gasteiger partial charge in [0.05, 0.1) is 20.2 Å². The number of rotatable bonds is 7. The molecule has 0 aliphatic carbocycles. The smallest absolute Gasteiger partial charge is 0.282 e. The summed E-state index contributed by atoms with van der Waals surface area (Å²) in [5.41, 5.74) is 4.44. The van der Waals surface area contributed by atoms with Crippen LogP contribution in [0.1, 0.15) is 49.3 Å². The zero-order valence-corrected chi connectivity index (χ0v) is 20.3. The van der Waals surface area contributed by atoms with Crippen LogP contribution in [0.15, 0.2) is 42.5 Å². The average Bonchev–Trinajstić information content (AvgIpc) is 2.72. The van der Waals surface area contributed by atoms with Gasteiger partial charge in [-0.05, 0) is 56.4 Å². The van der Waals surface area contributed by atoms with Gasteiger partial charge in [0.2, 0.25) is 0 Å². The van der Waals surface area contributed by atoms with Crippen molar-refractivity contribution in [3.63, 3.8) is 0 Å². The van der Waals surface area contributed by atoms with Gasteiger partial charge >= 0.3 is 0 Å². The van der Waals surface area contributed by atoms with Crippen molar-refractivity contribution >= 4 is 11.6 Å². The number of nitrogens with one attached hydrogen (secondary N) is 1. The molecule has 4 nitrogen and oxygen atoms in total. The summed E-state index contributed by atoms with van der Waals surface area (Å²) >= 11 is 0. The standard InChI is InChI=1S/C25H34N2O2.BrH/c1-5-23(25(28)26-24-19(2)11-9-12-20(24)3)27(15-7-6-8-16-27)18-21-13-10-14-22(17-21)29-4;/h9-14,17,23H,5-8,15-16,18H2,1-4H3;1H. The molecule has 0 saturated carbocycles. The highest BCUT2D eigenvalue weighted by Gasteiger charge is 2.42. The first-order valence-electron chi connectivity index (χ1n) is 10.8. The zero-order valence-electron chi connectivity index (χ0n) is 18.7. The van der Waals surface area contributed by atoms with E-state index in [9.17, 15) is 4.79 Å². The maximum Gasteiger partial charge on any atom is 0.282 e. The van der Waals surface area contributed by atoms with Gasteiger partial charge in [-0.25, -0.2) is 0 Å². The molecule has 3 rings (SSSR count). The number of aryl methyl sites for hydroxylation is 2. The molecule has 1 fully saturated rings. The number of hydrogen-bond acceptors (Lipinski definition) is 2. The Kier molecular flexibility index (Phi) is 8.92. The molecule has 1 aliphatic rings. The highest BCUT2D eigenvalue weighted by atomic mass is 79.9. The van der Waals surface area contributed by atoms with Gasteiger partial charge in [-0.3, -0.25) is 4.79 Å². The summed E-state index contributed by atoms with van der Waals surface area (Å²) in [5, 5.41) is 3.28. The van der Waals surface area contributed by atoms with Crippen molar-refractivity contribution in [3.05, 3.63) is 59.2 Å². The Morgan fingerprint density at radius 3 is 2.30 bits per heavy atom. The molecule has 2 aromatic carbocycles. The van der Waals surface area contributed by atoms with Crippen LogP contribution in [0.25, 0.3) is 0 Å². The van der Waals surface area contributed by atoms with Crippen molar-refractivity contribution in [2.75, 3.05) is 25.5 Å². The number of methoxy groups -OCH3 is 1. The topological polar surface area (TPSA) is 38.3 Å². The number of quaternary nitrogens is 1. The second kappa shape index (κ2) is 11.0. The molecule has 0 radical (unpaired) electrons. The molecule has 1 unspecified atom stereocenters. The largest absolute Gasteiger partial charge is 1.00 e. The van der Waals surface area contributed by atoms with Crippen LogP contribution in [-0.4, -0.2) is 36.6 Å². The lowest BCUT2D eigenvalue weighted by Crippen LogP contribution is -3.00. The number of halogens is 1. The second-order valence-corrected chi connectivity index (χ2v) is 8.42. The van der Waals surface area contributed by atoms with Crippen molar-refractivity contribution in [2.24, 2.45) is 0 Å². The Balaban J connectivity index is 0.00000320. The maximum absolute atomic E-state index is 13.5. The van der Waals surface area contributed by atoms with Crippen LogP contribution >= 0.6 is 0 Å². The van der Waals surface area contributed by atoms with Gasteiger partial charge in [0, 0.05) is 17.7 Å². The number of amides is 1. The third-order valence-corrected chi connectivity index (χ3v) is 6.42. The van der Waals surface area contributed by atoms with E-state index < -0.39 is 0 Å². The summed E-state index contributed by atoms with van der Waals surface area (Å²) in [4.78, 5) is 13.5. The van der Waals surface area contributed by atoms with Gasteiger partial charge in [-0.15, -0.1) is 0 Å². The highest BCUT2D eigenvalue weighted by molar-refractivity contribution is 5.95. The van der Waals surface area contributed by atoms with Crippen LogP contribution in [0.5, 0.6) is 5.75 Å². The van der Waals surface area contributed by atoms with Crippen LogP contribution < -0.4 is 27.0 Å².